The SMILES string of the molecule is O=S1(=O)CC(CNS(=O)(=O)c2ccc(F)c(F)c2)c2ccccc21. The number of hydrogen-bond acceptors (Lipinski definition) is 4. The normalized spacial score (nSPS) is 19.2. The van der Waals surface area contributed by atoms with Crippen LogP contribution in [0.25, 0.3) is 0 Å². The molecule has 0 radical (unpaired) electrons. The second kappa shape index (κ2) is 5.91. The second-order valence-electron chi connectivity index (χ2n) is 5.44. The molecule has 1 aliphatic heterocycles. The predicted molar refractivity (Wildman–Crippen MR) is 82.8 cm³/mol. The van der Waals surface area contributed by atoms with E-state index in [4.69, 9.17) is 0 Å². The van der Waals surface area contributed by atoms with Gasteiger partial charge in [0.25, 0.3) is 0 Å². The highest BCUT2D eigenvalue weighted by Crippen LogP contribution is 2.34. The molecule has 1 unspecified atom stereocenters. The van der Waals surface area contributed by atoms with Crippen molar-refractivity contribution in [3.05, 3.63) is 59.7 Å². The van der Waals surface area contributed by atoms with Crippen LogP contribution < -0.4 is 4.72 Å². The van der Waals surface area contributed by atoms with Gasteiger partial charge < -0.3 is 0 Å². The molecule has 5 nitrogen and oxygen atoms in total. The van der Waals surface area contributed by atoms with Gasteiger partial charge in [0.2, 0.25) is 10.0 Å². The van der Waals surface area contributed by atoms with Gasteiger partial charge in [-0.1, -0.05) is 18.2 Å². The van der Waals surface area contributed by atoms with E-state index in [1.54, 1.807) is 18.2 Å². The molecule has 24 heavy (non-hydrogen) atoms. The Kier molecular flexibility index (Phi) is 4.18. The maximum atomic E-state index is 13.2. The topological polar surface area (TPSA) is 80.3 Å². The molecule has 128 valence electrons. The fraction of sp³-hybridized carbons (Fsp3) is 0.200. The van der Waals surface area contributed by atoms with E-state index in [0.29, 0.717) is 11.6 Å². The summed E-state index contributed by atoms with van der Waals surface area (Å²) in [4.78, 5) is -0.224. The molecule has 1 heterocycles. The summed E-state index contributed by atoms with van der Waals surface area (Å²) in [6.45, 7) is -0.155. The van der Waals surface area contributed by atoms with Gasteiger partial charge in [0.05, 0.1) is 15.5 Å². The molecule has 1 N–H and O–H groups in total. The molecule has 1 aliphatic rings. The Morgan fingerprint density at radius 1 is 1.08 bits per heavy atom. The number of sulfone groups is 1. The van der Waals surface area contributed by atoms with Gasteiger partial charge in [0, 0.05) is 12.5 Å². The third-order valence-corrected chi connectivity index (χ3v) is 7.14. The van der Waals surface area contributed by atoms with E-state index in [1.807, 2.05) is 0 Å². The second-order valence-corrected chi connectivity index (χ2v) is 9.21. The Morgan fingerprint density at radius 2 is 1.79 bits per heavy atom. The lowest BCUT2D eigenvalue weighted by Crippen LogP contribution is -2.29. The van der Waals surface area contributed by atoms with Gasteiger partial charge in [-0.2, -0.15) is 0 Å². The molecule has 0 spiro atoms. The van der Waals surface area contributed by atoms with Crippen molar-refractivity contribution >= 4 is 19.9 Å². The van der Waals surface area contributed by atoms with Crippen LogP contribution >= 0.6 is 0 Å². The van der Waals surface area contributed by atoms with Crippen LogP contribution in [-0.4, -0.2) is 29.1 Å². The van der Waals surface area contributed by atoms with Gasteiger partial charge >= 0.3 is 0 Å². The third kappa shape index (κ3) is 3.06. The average molecular weight is 373 g/mol. The van der Waals surface area contributed by atoms with Gasteiger partial charge in [-0.3, -0.25) is 0 Å². The number of halogens is 2. The smallest absolute Gasteiger partial charge is 0.224 e. The van der Waals surface area contributed by atoms with Gasteiger partial charge in [-0.25, -0.2) is 30.3 Å². The van der Waals surface area contributed by atoms with Crippen molar-refractivity contribution in [3.63, 3.8) is 0 Å². The highest BCUT2D eigenvalue weighted by molar-refractivity contribution is 7.91. The quantitative estimate of drug-likeness (QED) is 0.886. The first kappa shape index (κ1) is 17.0. The van der Waals surface area contributed by atoms with Crippen LogP contribution in [0.15, 0.2) is 52.3 Å². The van der Waals surface area contributed by atoms with E-state index in [9.17, 15) is 25.6 Å². The maximum Gasteiger partial charge on any atom is 0.240 e. The standard InChI is InChI=1S/C15H13F2NO4S2/c16-13-6-5-11(7-14(13)17)24(21,22)18-8-10-9-23(19,20)15-4-2-1-3-12(10)15/h1-7,10,18H,8-9H2. The van der Waals surface area contributed by atoms with Crippen LogP contribution in [0.1, 0.15) is 11.5 Å². The zero-order valence-electron chi connectivity index (χ0n) is 12.2. The van der Waals surface area contributed by atoms with Crippen molar-refractivity contribution < 1.29 is 25.6 Å². The Labute approximate surface area is 138 Å². The molecule has 0 aliphatic carbocycles. The summed E-state index contributed by atoms with van der Waals surface area (Å²) in [5, 5.41) is 0. The van der Waals surface area contributed by atoms with Crippen LogP contribution in [0, 0.1) is 11.6 Å². The number of nitrogens with one attached hydrogen (secondary N) is 1. The Hall–Kier alpha value is -1.84. The molecule has 9 heteroatoms. The van der Waals surface area contributed by atoms with Crippen LogP contribution in [-0.2, 0) is 19.9 Å². The largest absolute Gasteiger partial charge is 0.240 e. The zero-order valence-corrected chi connectivity index (χ0v) is 13.9. The number of rotatable bonds is 4. The molecule has 3 rings (SSSR count). The van der Waals surface area contributed by atoms with Gasteiger partial charge in [0.15, 0.2) is 21.5 Å². The van der Waals surface area contributed by atoms with Gasteiger partial charge in [-0.15, -0.1) is 0 Å². The maximum absolute atomic E-state index is 13.2. The van der Waals surface area contributed by atoms with Crippen LogP contribution in [0.5, 0.6) is 0 Å². The summed E-state index contributed by atoms with van der Waals surface area (Å²) in [5.74, 6) is -3.16. The fourth-order valence-corrected chi connectivity index (χ4v) is 5.63. The summed E-state index contributed by atoms with van der Waals surface area (Å²) >= 11 is 0. The Morgan fingerprint density at radius 3 is 2.50 bits per heavy atom. The van der Waals surface area contributed by atoms with Crippen LogP contribution in [0.4, 0.5) is 8.78 Å². The fourth-order valence-electron chi connectivity index (χ4n) is 2.65. The van der Waals surface area contributed by atoms with Crippen molar-refractivity contribution in [3.8, 4) is 0 Å². The highest BCUT2D eigenvalue weighted by Gasteiger charge is 2.34. The predicted octanol–water partition coefficient (Wildman–Crippen LogP) is 1.81. The highest BCUT2D eigenvalue weighted by atomic mass is 32.2. The number of sulfonamides is 1. The summed E-state index contributed by atoms with van der Waals surface area (Å²) in [7, 11) is -7.52. The summed E-state index contributed by atoms with van der Waals surface area (Å²) in [6, 6.07) is 8.64. The number of fused-ring (bicyclic) bond motifs is 1. The molecule has 2 aromatic carbocycles. The van der Waals surface area contributed by atoms with E-state index in [-0.39, 0.29) is 17.2 Å². The molecule has 0 saturated heterocycles. The van der Waals surface area contributed by atoms with Crippen molar-refractivity contribution in [2.24, 2.45) is 0 Å². The first-order valence-corrected chi connectivity index (χ1v) is 10.1. The molecule has 0 fully saturated rings. The van der Waals surface area contributed by atoms with Crippen molar-refractivity contribution in [1.82, 2.24) is 4.72 Å². The first-order chi connectivity index (χ1) is 11.2. The number of benzene rings is 2. The van der Waals surface area contributed by atoms with E-state index < -0.39 is 42.3 Å². The third-order valence-electron chi connectivity index (χ3n) is 3.84. The molecule has 0 saturated carbocycles. The lowest BCUT2D eigenvalue weighted by atomic mass is 10.0. The molecular formula is C15H13F2NO4S2. The minimum Gasteiger partial charge on any atom is -0.224 e. The minimum absolute atomic E-state index is 0.155. The number of hydrogen-bond donors (Lipinski definition) is 1. The molecule has 0 bridgehead atoms. The lowest BCUT2D eigenvalue weighted by Gasteiger charge is -2.12. The van der Waals surface area contributed by atoms with E-state index in [2.05, 4.69) is 4.72 Å². The van der Waals surface area contributed by atoms with Crippen molar-refractivity contribution in [2.75, 3.05) is 12.3 Å². The first-order valence-electron chi connectivity index (χ1n) is 6.97. The Balaban J connectivity index is 1.82. The van der Waals surface area contributed by atoms with Crippen molar-refractivity contribution in [2.45, 2.75) is 15.7 Å². The summed E-state index contributed by atoms with van der Waals surface area (Å²) in [6.07, 6.45) is 0. The van der Waals surface area contributed by atoms with E-state index in [1.165, 1.54) is 6.07 Å². The lowest BCUT2D eigenvalue weighted by molar-refractivity contribution is 0.504. The average Bonchev–Trinajstić information content (AvgIpc) is 2.80. The molecular weight excluding hydrogens is 360 g/mol. The zero-order chi connectivity index (χ0) is 17.5. The van der Waals surface area contributed by atoms with Crippen LogP contribution in [0.2, 0.25) is 0 Å². The summed E-state index contributed by atoms with van der Waals surface area (Å²) < 4.78 is 76.9. The van der Waals surface area contributed by atoms with E-state index in [0.717, 1.165) is 12.1 Å². The van der Waals surface area contributed by atoms with Crippen molar-refractivity contribution in [1.29, 1.82) is 0 Å². The molecule has 0 amide bonds. The minimum atomic E-state index is -4.08. The van der Waals surface area contributed by atoms with E-state index >= 15 is 0 Å². The molecule has 2 aromatic rings. The summed E-state index contributed by atoms with van der Waals surface area (Å²) in [5.41, 5.74) is 0.547. The van der Waals surface area contributed by atoms with Crippen LogP contribution in [0.3, 0.4) is 0 Å². The monoisotopic (exact) mass is 373 g/mol. The molecule has 1 atom stereocenters. The van der Waals surface area contributed by atoms with Gasteiger partial charge in [0.1, 0.15) is 0 Å². The molecule has 0 aromatic heterocycles. The Bertz CT molecular complexity index is 1000. The van der Waals surface area contributed by atoms with Gasteiger partial charge in [-0.05, 0) is 29.8 Å².